The highest BCUT2D eigenvalue weighted by molar-refractivity contribution is 5.72. The molecule has 0 aromatic heterocycles. The smallest absolute Gasteiger partial charge is 0.123 e. The maximum Gasteiger partial charge on any atom is 0.123 e. The number of likely N-dealkylation sites (tertiary alicyclic amines) is 1. The molecule has 1 saturated heterocycles. The molecule has 0 unspecified atom stereocenters. The lowest BCUT2D eigenvalue weighted by atomic mass is 9.86. The maximum atomic E-state index is 13.1. The third-order valence-corrected chi connectivity index (χ3v) is 6.84. The van der Waals surface area contributed by atoms with Crippen molar-refractivity contribution in [3.8, 4) is 5.75 Å². The molecule has 2 aliphatic rings. The number of allylic oxidation sites excluding steroid dienone is 1. The van der Waals surface area contributed by atoms with Crippen molar-refractivity contribution in [2.45, 2.75) is 52.0 Å². The minimum absolute atomic E-state index is 0.192. The van der Waals surface area contributed by atoms with Crippen LogP contribution >= 0.6 is 0 Å². The van der Waals surface area contributed by atoms with Crippen LogP contribution in [0.25, 0.3) is 5.57 Å². The van der Waals surface area contributed by atoms with Crippen LogP contribution in [0.4, 0.5) is 4.39 Å². The van der Waals surface area contributed by atoms with Crippen molar-refractivity contribution in [2.75, 3.05) is 26.3 Å². The van der Waals surface area contributed by atoms with E-state index in [9.17, 15) is 9.50 Å². The van der Waals surface area contributed by atoms with Crippen molar-refractivity contribution in [3.63, 3.8) is 0 Å². The Kier molecular flexibility index (Phi) is 7.09. The van der Waals surface area contributed by atoms with E-state index in [0.717, 1.165) is 50.1 Å². The van der Waals surface area contributed by atoms with Crippen LogP contribution in [-0.2, 0) is 12.8 Å². The summed E-state index contributed by atoms with van der Waals surface area (Å²) in [7, 11) is 0. The van der Waals surface area contributed by atoms with Gasteiger partial charge in [0.05, 0.1) is 13.2 Å². The van der Waals surface area contributed by atoms with E-state index < -0.39 is 0 Å². The van der Waals surface area contributed by atoms with Crippen molar-refractivity contribution >= 4 is 5.57 Å². The lowest BCUT2D eigenvalue weighted by Gasteiger charge is -2.28. The average molecular weight is 424 g/mol. The van der Waals surface area contributed by atoms with Gasteiger partial charge in [-0.25, -0.2) is 4.39 Å². The summed E-state index contributed by atoms with van der Waals surface area (Å²) in [6.45, 7) is 7.39. The molecule has 1 aliphatic heterocycles. The second kappa shape index (κ2) is 9.97. The van der Waals surface area contributed by atoms with Crippen LogP contribution in [0.5, 0.6) is 5.75 Å². The summed E-state index contributed by atoms with van der Waals surface area (Å²) in [4.78, 5) is 2.45. The van der Waals surface area contributed by atoms with Crippen LogP contribution in [0, 0.1) is 11.7 Å². The molecule has 4 rings (SSSR count). The van der Waals surface area contributed by atoms with Crippen LogP contribution in [0.15, 0.2) is 48.0 Å². The highest BCUT2D eigenvalue weighted by Gasteiger charge is 2.26. The number of ether oxygens (including phenoxy) is 1. The van der Waals surface area contributed by atoms with Crippen LogP contribution in [0.2, 0.25) is 0 Å². The average Bonchev–Trinajstić information content (AvgIpc) is 3.23. The fourth-order valence-corrected chi connectivity index (χ4v) is 4.97. The normalized spacial score (nSPS) is 20.1. The monoisotopic (exact) mass is 423 g/mol. The van der Waals surface area contributed by atoms with Crippen LogP contribution in [0.1, 0.15) is 49.8 Å². The van der Waals surface area contributed by atoms with Crippen LogP contribution < -0.4 is 4.74 Å². The molecule has 0 spiro atoms. The summed E-state index contributed by atoms with van der Waals surface area (Å²) < 4.78 is 19.2. The molecule has 1 fully saturated rings. The van der Waals surface area contributed by atoms with Crippen molar-refractivity contribution < 1.29 is 14.2 Å². The maximum absolute atomic E-state index is 13.1. The Morgan fingerprint density at radius 2 is 1.97 bits per heavy atom. The Labute approximate surface area is 185 Å². The van der Waals surface area contributed by atoms with Crippen LogP contribution in [0.3, 0.4) is 0 Å². The number of aryl methyl sites for hydroxylation is 1. The predicted molar refractivity (Wildman–Crippen MR) is 124 cm³/mol. The first-order valence-electron chi connectivity index (χ1n) is 11.6. The van der Waals surface area contributed by atoms with E-state index in [4.69, 9.17) is 4.74 Å². The third-order valence-electron chi connectivity index (χ3n) is 6.84. The topological polar surface area (TPSA) is 32.7 Å². The first-order valence-corrected chi connectivity index (χ1v) is 11.6. The standard InChI is InChI=1S/C27H34FNO2/c1-19(14-21-5-9-24(28)10-6-21)18-31-26-11-12-27-20(2)23(8-7-22(27)15-26)16-29-13-3-4-25(29)17-30/h5-6,9-12,15,19,25,30H,3-4,7-8,13-14,16-18H2,1-2H3/t19-,25+/m0/s1. The predicted octanol–water partition coefficient (Wildman–Crippen LogP) is 5.26. The van der Waals surface area contributed by atoms with Crippen molar-refractivity contribution in [1.29, 1.82) is 0 Å². The zero-order chi connectivity index (χ0) is 21.8. The fourth-order valence-electron chi connectivity index (χ4n) is 4.97. The summed E-state index contributed by atoms with van der Waals surface area (Å²) in [6, 6.07) is 13.6. The Bertz CT molecular complexity index is 921. The van der Waals surface area contributed by atoms with E-state index in [2.05, 4.69) is 36.9 Å². The van der Waals surface area contributed by atoms with Gasteiger partial charge in [-0.05, 0) is 98.0 Å². The summed E-state index contributed by atoms with van der Waals surface area (Å²) >= 11 is 0. The molecule has 2 aromatic rings. The molecule has 0 bridgehead atoms. The molecule has 2 atom stereocenters. The second-order valence-electron chi connectivity index (χ2n) is 9.24. The Hall–Kier alpha value is -2.17. The number of halogens is 1. The molecule has 166 valence electrons. The van der Waals surface area contributed by atoms with E-state index in [1.165, 1.54) is 40.8 Å². The largest absolute Gasteiger partial charge is 0.493 e. The molecule has 1 aliphatic carbocycles. The fraction of sp³-hybridized carbons (Fsp3) is 0.481. The van der Waals surface area contributed by atoms with E-state index in [1.54, 1.807) is 0 Å². The minimum Gasteiger partial charge on any atom is -0.493 e. The quantitative estimate of drug-likeness (QED) is 0.629. The lowest BCUT2D eigenvalue weighted by molar-refractivity contribution is 0.167. The number of hydrogen-bond donors (Lipinski definition) is 1. The van der Waals surface area contributed by atoms with Gasteiger partial charge in [-0.2, -0.15) is 0 Å². The van der Waals surface area contributed by atoms with Gasteiger partial charge in [0.15, 0.2) is 0 Å². The zero-order valence-corrected chi connectivity index (χ0v) is 18.7. The summed E-state index contributed by atoms with van der Waals surface area (Å²) in [5.74, 6) is 1.10. The van der Waals surface area contributed by atoms with Gasteiger partial charge >= 0.3 is 0 Å². The number of aliphatic hydroxyl groups is 1. The van der Waals surface area contributed by atoms with Crippen molar-refractivity contribution in [3.05, 3.63) is 70.5 Å². The van der Waals surface area contributed by atoms with Crippen LogP contribution in [-0.4, -0.2) is 42.4 Å². The first kappa shape index (κ1) is 22.0. The molecular weight excluding hydrogens is 389 g/mol. The molecule has 1 N–H and O–H groups in total. The number of nitrogens with zero attached hydrogens (tertiary/aromatic N) is 1. The summed E-state index contributed by atoms with van der Waals surface area (Å²) in [5.41, 5.74) is 6.74. The van der Waals surface area contributed by atoms with E-state index in [-0.39, 0.29) is 12.4 Å². The molecule has 2 aromatic carbocycles. The number of benzene rings is 2. The van der Waals surface area contributed by atoms with E-state index in [1.807, 2.05) is 12.1 Å². The van der Waals surface area contributed by atoms with Gasteiger partial charge in [-0.15, -0.1) is 0 Å². The molecular formula is C27H34FNO2. The van der Waals surface area contributed by atoms with Gasteiger partial charge in [0, 0.05) is 12.6 Å². The SMILES string of the molecule is CC1=C(CN2CCC[C@@H]2CO)CCc2cc(OC[C@@H](C)Cc3ccc(F)cc3)ccc21. The van der Waals surface area contributed by atoms with Gasteiger partial charge < -0.3 is 9.84 Å². The second-order valence-corrected chi connectivity index (χ2v) is 9.24. The number of rotatable bonds is 8. The first-order chi connectivity index (χ1) is 15.0. The molecule has 3 nitrogen and oxygen atoms in total. The number of fused-ring (bicyclic) bond motifs is 1. The highest BCUT2D eigenvalue weighted by atomic mass is 19.1. The molecule has 0 amide bonds. The highest BCUT2D eigenvalue weighted by Crippen LogP contribution is 2.34. The van der Waals surface area contributed by atoms with Gasteiger partial charge in [0.25, 0.3) is 0 Å². The Morgan fingerprint density at radius 1 is 1.16 bits per heavy atom. The van der Waals surface area contributed by atoms with Gasteiger partial charge in [0.1, 0.15) is 11.6 Å². The number of hydrogen-bond acceptors (Lipinski definition) is 3. The molecule has 4 heteroatoms. The zero-order valence-electron chi connectivity index (χ0n) is 18.7. The van der Waals surface area contributed by atoms with E-state index >= 15 is 0 Å². The Morgan fingerprint density at radius 3 is 2.74 bits per heavy atom. The third kappa shape index (κ3) is 5.36. The minimum atomic E-state index is -0.192. The van der Waals surface area contributed by atoms with Crippen molar-refractivity contribution in [2.24, 2.45) is 5.92 Å². The summed E-state index contributed by atoms with van der Waals surface area (Å²) in [5, 5.41) is 9.62. The molecule has 0 saturated carbocycles. The Balaban J connectivity index is 1.36. The van der Waals surface area contributed by atoms with Gasteiger partial charge in [-0.3, -0.25) is 4.90 Å². The molecule has 0 radical (unpaired) electrons. The summed E-state index contributed by atoms with van der Waals surface area (Å²) in [6.07, 6.45) is 5.30. The lowest BCUT2D eigenvalue weighted by Crippen LogP contribution is -2.34. The molecule has 1 heterocycles. The van der Waals surface area contributed by atoms with Crippen molar-refractivity contribution in [1.82, 2.24) is 4.90 Å². The van der Waals surface area contributed by atoms with Gasteiger partial charge in [-0.1, -0.05) is 30.7 Å². The van der Waals surface area contributed by atoms with Gasteiger partial charge in [0.2, 0.25) is 0 Å². The number of aliphatic hydroxyl groups excluding tert-OH is 1. The van der Waals surface area contributed by atoms with E-state index in [0.29, 0.717) is 18.6 Å². The molecule has 31 heavy (non-hydrogen) atoms.